The zero-order valence-electron chi connectivity index (χ0n) is 13.7. The van der Waals surface area contributed by atoms with Crippen molar-refractivity contribution in [2.24, 2.45) is 0 Å². The number of anilines is 1. The first-order chi connectivity index (χ1) is 11.7. The topological polar surface area (TPSA) is 66.9 Å². The van der Waals surface area contributed by atoms with Crippen LogP contribution in [0.5, 0.6) is 0 Å². The fraction of sp³-hybridized carbons (Fsp3) is 0.278. The number of rotatable bonds is 6. The molecule has 0 bridgehead atoms. The Morgan fingerprint density at radius 3 is 2.75 bits per heavy atom. The van der Waals surface area contributed by atoms with Gasteiger partial charge in [0.05, 0.1) is 5.39 Å². The SMILES string of the molecule is CCc1cc2c(NC(Cc3ccccc3)C(=O)NC)ncnc2s1. The van der Waals surface area contributed by atoms with E-state index < -0.39 is 0 Å². The first kappa shape index (κ1) is 16.4. The van der Waals surface area contributed by atoms with E-state index >= 15 is 0 Å². The number of aryl methyl sites for hydroxylation is 1. The van der Waals surface area contributed by atoms with E-state index in [0.717, 1.165) is 22.2 Å². The summed E-state index contributed by atoms with van der Waals surface area (Å²) in [6.45, 7) is 2.12. The summed E-state index contributed by atoms with van der Waals surface area (Å²) in [5, 5.41) is 7.00. The van der Waals surface area contributed by atoms with Crippen LogP contribution in [0.15, 0.2) is 42.7 Å². The Hall–Kier alpha value is -2.47. The number of hydrogen-bond acceptors (Lipinski definition) is 5. The summed E-state index contributed by atoms with van der Waals surface area (Å²) >= 11 is 1.66. The lowest BCUT2D eigenvalue weighted by molar-refractivity contribution is -0.121. The van der Waals surface area contributed by atoms with Crippen molar-refractivity contribution in [3.63, 3.8) is 0 Å². The van der Waals surface area contributed by atoms with Crippen LogP contribution >= 0.6 is 11.3 Å². The molecule has 1 amide bonds. The molecule has 24 heavy (non-hydrogen) atoms. The van der Waals surface area contributed by atoms with E-state index in [1.807, 2.05) is 30.3 Å². The van der Waals surface area contributed by atoms with E-state index in [2.05, 4.69) is 33.6 Å². The Morgan fingerprint density at radius 1 is 1.25 bits per heavy atom. The molecule has 2 N–H and O–H groups in total. The highest BCUT2D eigenvalue weighted by Gasteiger charge is 2.20. The van der Waals surface area contributed by atoms with Gasteiger partial charge in [0, 0.05) is 18.3 Å². The molecule has 1 atom stereocenters. The van der Waals surface area contributed by atoms with Gasteiger partial charge in [-0.25, -0.2) is 9.97 Å². The number of fused-ring (bicyclic) bond motifs is 1. The van der Waals surface area contributed by atoms with E-state index in [1.54, 1.807) is 24.7 Å². The molecule has 1 unspecified atom stereocenters. The Morgan fingerprint density at radius 2 is 2.04 bits per heavy atom. The second-order valence-electron chi connectivity index (χ2n) is 5.51. The quantitative estimate of drug-likeness (QED) is 0.724. The molecule has 0 aliphatic carbocycles. The van der Waals surface area contributed by atoms with Gasteiger partial charge in [-0.15, -0.1) is 11.3 Å². The van der Waals surface area contributed by atoms with Gasteiger partial charge in [-0.1, -0.05) is 37.3 Å². The molecule has 124 valence electrons. The van der Waals surface area contributed by atoms with E-state index in [1.165, 1.54) is 4.88 Å². The summed E-state index contributed by atoms with van der Waals surface area (Å²) in [6.07, 6.45) is 3.10. The first-order valence-electron chi connectivity index (χ1n) is 7.96. The second-order valence-corrected chi connectivity index (χ2v) is 6.62. The van der Waals surface area contributed by atoms with Gasteiger partial charge in [-0.05, 0) is 18.1 Å². The average molecular weight is 340 g/mol. The van der Waals surface area contributed by atoms with Gasteiger partial charge < -0.3 is 10.6 Å². The summed E-state index contributed by atoms with van der Waals surface area (Å²) in [5.74, 6) is 0.650. The Bertz CT molecular complexity index is 831. The summed E-state index contributed by atoms with van der Waals surface area (Å²) in [6, 6.07) is 11.7. The molecule has 2 heterocycles. The van der Waals surface area contributed by atoms with Gasteiger partial charge in [0.25, 0.3) is 0 Å². The molecule has 0 aliphatic heterocycles. The van der Waals surface area contributed by atoms with Gasteiger partial charge in [0.15, 0.2) is 0 Å². The highest BCUT2D eigenvalue weighted by atomic mass is 32.1. The number of benzene rings is 1. The van der Waals surface area contributed by atoms with E-state index in [9.17, 15) is 4.79 Å². The maximum Gasteiger partial charge on any atom is 0.242 e. The van der Waals surface area contributed by atoms with Crippen molar-refractivity contribution in [3.8, 4) is 0 Å². The average Bonchev–Trinajstić information content (AvgIpc) is 3.05. The van der Waals surface area contributed by atoms with Crippen LogP contribution in [0.1, 0.15) is 17.4 Å². The molecule has 1 aromatic carbocycles. The van der Waals surface area contributed by atoms with Crippen LogP contribution in [0.25, 0.3) is 10.2 Å². The maximum atomic E-state index is 12.3. The third-order valence-electron chi connectivity index (χ3n) is 3.89. The number of carbonyl (C=O) groups is 1. The maximum absolute atomic E-state index is 12.3. The van der Waals surface area contributed by atoms with Gasteiger partial charge in [-0.3, -0.25) is 4.79 Å². The Kier molecular flexibility index (Phi) is 5.05. The predicted octanol–water partition coefficient (Wildman–Crippen LogP) is 3.02. The summed E-state index contributed by atoms with van der Waals surface area (Å²) in [5.41, 5.74) is 1.10. The van der Waals surface area contributed by atoms with Crippen molar-refractivity contribution in [2.75, 3.05) is 12.4 Å². The van der Waals surface area contributed by atoms with Crippen LogP contribution in [0, 0.1) is 0 Å². The second kappa shape index (κ2) is 7.40. The van der Waals surface area contributed by atoms with E-state index in [4.69, 9.17) is 0 Å². The van der Waals surface area contributed by atoms with Gasteiger partial charge in [-0.2, -0.15) is 0 Å². The number of amides is 1. The molecule has 5 nitrogen and oxygen atoms in total. The van der Waals surface area contributed by atoms with Crippen molar-refractivity contribution < 1.29 is 4.79 Å². The third kappa shape index (κ3) is 3.54. The summed E-state index contributed by atoms with van der Waals surface area (Å²) < 4.78 is 0. The van der Waals surface area contributed by atoms with Crippen molar-refractivity contribution in [3.05, 3.63) is 53.2 Å². The highest BCUT2D eigenvalue weighted by Crippen LogP contribution is 2.29. The van der Waals surface area contributed by atoms with Crippen LogP contribution < -0.4 is 10.6 Å². The van der Waals surface area contributed by atoms with Crippen LogP contribution in [0.2, 0.25) is 0 Å². The summed E-state index contributed by atoms with van der Waals surface area (Å²) in [4.78, 5) is 23.2. The number of thiophene rings is 1. The zero-order chi connectivity index (χ0) is 16.9. The molecule has 3 aromatic rings. The Labute approximate surface area is 145 Å². The fourth-order valence-electron chi connectivity index (χ4n) is 2.59. The smallest absolute Gasteiger partial charge is 0.242 e. The van der Waals surface area contributed by atoms with Gasteiger partial charge in [0.2, 0.25) is 5.91 Å². The molecule has 0 spiro atoms. The molecule has 2 aromatic heterocycles. The Balaban J connectivity index is 1.90. The molecule has 3 rings (SSSR count). The third-order valence-corrected chi connectivity index (χ3v) is 5.07. The lowest BCUT2D eigenvalue weighted by Crippen LogP contribution is -2.39. The lowest BCUT2D eigenvalue weighted by atomic mass is 10.1. The number of nitrogens with zero attached hydrogens (tertiary/aromatic N) is 2. The zero-order valence-corrected chi connectivity index (χ0v) is 14.6. The van der Waals surface area contributed by atoms with Gasteiger partial charge in [0.1, 0.15) is 23.0 Å². The van der Waals surface area contributed by atoms with Crippen molar-refractivity contribution >= 4 is 33.3 Å². The fourth-order valence-corrected chi connectivity index (χ4v) is 3.53. The van der Waals surface area contributed by atoms with Gasteiger partial charge >= 0.3 is 0 Å². The number of carbonyl (C=O) groups excluding carboxylic acids is 1. The van der Waals surface area contributed by atoms with Crippen LogP contribution in [0.4, 0.5) is 5.82 Å². The van der Waals surface area contributed by atoms with E-state index in [-0.39, 0.29) is 11.9 Å². The molecule has 0 fully saturated rings. The highest BCUT2D eigenvalue weighted by molar-refractivity contribution is 7.18. The normalized spacial score (nSPS) is 12.1. The number of nitrogens with one attached hydrogen (secondary N) is 2. The predicted molar refractivity (Wildman–Crippen MR) is 98.4 cm³/mol. The minimum absolute atomic E-state index is 0.0587. The molecule has 0 saturated heterocycles. The van der Waals surface area contributed by atoms with Crippen molar-refractivity contribution in [1.29, 1.82) is 0 Å². The first-order valence-corrected chi connectivity index (χ1v) is 8.78. The van der Waals surface area contributed by atoms with Crippen molar-refractivity contribution in [2.45, 2.75) is 25.8 Å². The number of aromatic nitrogens is 2. The number of hydrogen-bond donors (Lipinski definition) is 2. The standard InChI is InChI=1S/C18H20N4OS/c1-3-13-10-14-16(20-11-21-18(14)24-13)22-15(17(23)19-2)9-12-7-5-4-6-8-12/h4-8,10-11,15H,3,9H2,1-2H3,(H,19,23)(H,20,21,22). The van der Waals surface area contributed by atoms with Crippen molar-refractivity contribution in [1.82, 2.24) is 15.3 Å². The minimum Gasteiger partial charge on any atom is -0.357 e. The molecular weight excluding hydrogens is 320 g/mol. The summed E-state index contributed by atoms with van der Waals surface area (Å²) in [7, 11) is 1.65. The molecule has 0 saturated carbocycles. The molecule has 0 aliphatic rings. The van der Waals surface area contributed by atoms with Crippen LogP contribution in [-0.4, -0.2) is 29.0 Å². The lowest BCUT2D eigenvalue weighted by Gasteiger charge is -2.18. The van der Waals surface area contributed by atoms with Crippen LogP contribution in [-0.2, 0) is 17.6 Å². The van der Waals surface area contributed by atoms with Crippen LogP contribution in [0.3, 0.4) is 0 Å². The molecule has 0 radical (unpaired) electrons. The largest absolute Gasteiger partial charge is 0.357 e. The molecular formula is C18H20N4OS. The minimum atomic E-state index is -0.388. The molecule has 6 heteroatoms. The monoisotopic (exact) mass is 340 g/mol. The number of likely N-dealkylation sites (N-methyl/N-ethyl adjacent to an activating group) is 1. The van der Waals surface area contributed by atoms with E-state index in [0.29, 0.717) is 12.2 Å².